The average Bonchev–Trinajstić information content (AvgIpc) is 3.11. The monoisotopic (exact) mass is 382 g/mol. The number of hydrogen-bond donors (Lipinski definition) is 3. The lowest BCUT2D eigenvalue weighted by molar-refractivity contribution is 0.0937. The van der Waals surface area contributed by atoms with E-state index in [1.165, 1.54) is 0 Å². The van der Waals surface area contributed by atoms with E-state index in [4.69, 9.17) is 0 Å². The number of benzene rings is 2. The normalized spacial score (nSPS) is 10.2. The predicted octanol–water partition coefficient (Wildman–Crippen LogP) is 3.74. The molecule has 0 aliphatic rings. The standard InChI is InChI=1S/C18H15BrN4O/c1-12(13-7-9-15(19)10-8-13)20-23-18(24)17-11-16(21-22-17)14-5-3-2-4-6-14/h2-11,20H,1H2,(H,21,22)(H,23,24). The van der Waals surface area contributed by atoms with Gasteiger partial charge in [-0.2, -0.15) is 5.10 Å². The van der Waals surface area contributed by atoms with E-state index in [1.807, 2.05) is 54.6 Å². The van der Waals surface area contributed by atoms with Gasteiger partial charge in [-0.15, -0.1) is 0 Å². The maximum Gasteiger partial charge on any atom is 0.287 e. The van der Waals surface area contributed by atoms with Gasteiger partial charge in [-0.25, -0.2) is 0 Å². The van der Waals surface area contributed by atoms with Crippen LogP contribution in [0.4, 0.5) is 0 Å². The molecule has 3 N–H and O–H groups in total. The van der Waals surface area contributed by atoms with E-state index in [0.29, 0.717) is 17.1 Å². The number of carbonyl (C=O) groups is 1. The number of aromatic nitrogens is 2. The Hall–Kier alpha value is -2.86. The highest BCUT2D eigenvalue weighted by Crippen LogP contribution is 2.17. The van der Waals surface area contributed by atoms with Crippen LogP contribution >= 0.6 is 15.9 Å². The van der Waals surface area contributed by atoms with Gasteiger partial charge in [0.1, 0.15) is 5.69 Å². The molecule has 2 aromatic carbocycles. The zero-order valence-corrected chi connectivity index (χ0v) is 14.3. The zero-order valence-electron chi connectivity index (χ0n) is 12.7. The van der Waals surface area contributed by atoms with E-state index in [9.17, 15) is 4.79 Å². The SMILES string of the molecule is C=C(NNC(=O)c1cc(-c2ccccc2)n[nH]1)c1ccc(Br)cc1. The molecule has 3 aromatic rings. The van der Waals surface area contributed by atoms with Crippen LogP contribution in [-0.2, 0) is 0 Å². The van der Waals surface area contributed by atoms with E-state index >= 15 is 0 Å². The minimum atomic E-state index is -0.317. The number of carbonyl (C=O) groups excluding carboxylic acids is 1. The second kappa shape index (κ2) is 7.14. The Morgan fingerprint density at radius 2 is 1.75 bits per heavy atom. The molecular formula is C18H15BrN4O. The number of hydrazine groups is 1. The van der Waals surface area contributed by atoms with Crippen LogP contribution < -0.4 is 10.9 Å². The summed E-state index contributed by atoms with van der Waals surface area (Å²) in [6.45, 7) is 3.91. The van der Waals surface area contributed by atoms with Gasteiger partial charge in [-0.1, -0.05) is 65.0 Å². The molecule has 120 valence electrons. The van der Waals surface area contributed by atoms with Crippen molar-refractivity contribution in [2.24, 2.45) is 0 Å². The molecule has 0 atom stereocenters. The van der Waals surface area contributed by atoms with Crippen LogP contribution in [0.3, 0.4) is 0 Å². The Morgan fingerprint density at radius 3 is 2.46 bits per heavy atom. The molecule has 3 rings (SSSR count). The molecule has 1 heterocycles. The second-order valence-corrected chi connectivity index (χ2v) is 6.01. The summed E-state index contributed by atoms with van der Waals surface area (Å²) in [5, 5.41) is 6.90. The average molecular weight is 383 g/mol. The fourth-order valence-corrected chi connectivity index (χ4v) is 2.38. The highest BCUT2D eigenvalue weighted by molar-refractivity contribution is 9.10. The molecule has 0 bridgehead atoms. The number of nitrogens with zero attached hydrogens (tertiary/aromatic N) is 1. The molecule has 5 nitrogen and oxygen atoms in total. The Bertz CT molecular complexity index is 856. The van der Waals surface area contributed by atoms with Gasteiger partial charge in [0.05, 0.1) is 11.4 Å². The number of rotatable bonds is 5. The molecule has 0 spiro atoms. The molecule has 1 aromatic heterocycles. The van der Waals surface area contributed by atoms with Gasteiger partial charge in [0.15, 0.2) is 0 Å². The summed E-state index contributed by atoms with van der Waals surface area (Å²) in [5.41, 5.74) is 8.92. The fourth-order valence-electron chi connectivity index (χ4n) is 2.12. The number of halogens is 1. The first-order chi connectivity index (χ1) is 11.6. The first-order valence-corrected chi connectivity index (χ1v) is 8.05. The third-order valence-corrected chi connectivity index (χ3v) is 3.94. The highest BCUT2D eigenvalue weighted by Gasteiger charge is 2.11. The van der Waals surface area contributed by atoms with Crippen LogP contribution in [0, 0.1) is 0 Å². The molecule has 0 fully saturated rings. The minimum absolute atomic E-state index is 0.317. The number of H-pyrrole nitrogens is 1. The third-order valence-electron chi connectivity index (χ3n) is 3.41. The molecule has 0 radical (unpaired) electrons. The number of hydrogen-bond acceptors (Lipinski definition) is 3. The first-order valence-electron chi connectivity index (χ1n) is 7.25. The van der Waals surface area contributed by atoms with Gasteiger partial charge >= 0.3 is 0 Å². The number of nitrogens with one attached hydrogen (secondary N) is 3. The van der Waals surface area contributed by atoms with Gasteiger partial charge in [-0.05, 0) is 23.8 Å². The molecule has 0 saturated heterocycles. The molecule has 6 heteroatoms. The summed E-state index contributed by atoms with van der Waals surface area (Å²) in [4.78, 5) is 12.2. The van der Waals surface area contributed by atoms with E-state index in [1.54, 1.807) is 6.07 Å². The highest BCUT2D eigenvalue weighted by atomic mass is 79.9. The Labute approximate surface area is 147 Å². The second-order valence-electron chi connectivity index (χ2n) is 5.10. The topological polar surface area (TPSA) is 69.8 Å². The largest absolute Gasteiger partial charge is 0.298 e. The van der Waals surface area contributed by atoms with Gasteiger partial charge in [-0.3, -0.25) is 20.7 Å². The molecule has 24 heavy (non-hydrogen) atoms. The van der Waals surface area contributed by atoms with Crippen LogP contribution in [-0.4, -0.2) is 16.1 Å². The predicted molar refractivity (Wildman–Crippen MR) is 97.8 cm³/mol. The van der Waals surface area contributed by atoms with E-state index < -0.39 is 0 Å². The van der Waals surface area contributed by atoms with Crippen molar-refractivity contribution in [2.45, 2.75) is 0 Å². The van der Waals surface area contributed by atoms with E-state index in [2.05, 4.69) is 43.6 Å². The number of aromatic amines is 1. The molecule has 0 aliphatic heterocycles. The molecule has 0 saturated carbocycles. The third kappa shape index (κ3) is 3.72. The number of amides is 1. The van der Waals surface area contributed by atoms with Crippen molar-refractivity contribution in [1.29, 1.82) is 0 Å². The smallest absolute Gasteiger partial charge is 0.287 e. The Morgan fingerprint density at radius 1 is 1.04 bits per heavy atom. The summed E-state index contributed by atoms with van der Waals surface area (Å²) in [6.07, 6.45) is 0. The summed E-state index contributed by atoms with van der Waals surface area (Å²) in [6, 6.07) is 19.0. The quantitative estimate of drug-likeness (QED) is 0.588. The maximum atomic E-state index is 12.2. The zero-order chi connectivity index (χ0) is 16.9. The van der Waals surface area contributed by atoms with Gasteiger partial charge in [0, 0.05) is 10.0 Å². The van der Waals surface area contributed by atoms with Crippen molar-refractivity contribution in [2.75, 3.05) is 0 Å². The Balaban J connectivity index is 1.62. The molecule has 0 unspecified atom stereocenters. The van der Waals surface area contributed by atoms with Gasteiger partial charge in [0.2, 0.25) is 0 Å². The lowest BCUT2D eigenvalue weighted by atomic mass is 10.1. The van der Waals surface area contributed by atoms with Gasteiger partial charge < -0.3 is 0 Å². The van der Waals surface area contributed by atoms with Crippen molar-refractivity contribution < 1.29 is 4.79 Å². The molecule has 0 aliphatic carbocycles. The summed E-state index contributed by atoms with van der Waals surface area (Å²) < 4.78 is 0.981. The lowest BCUT2D eigenvalue weighted by Crippen LogP contribution is -2.36. The van der Waals surface area contributed by atoms with Crippen molar-refractivity contribution in [3.05, 3.63) is 83.0 Å². The van der Waals surface area contributed by atoms with Crippen LogP contribution in [0.25, 0.3) is 17.0 Å². The summed E-state index contributed by atoms with van der Waals surface area (Å²) in [7, 11) is 0. The summed E-state index contributed by atoms with van der Waals surface area (Å²) >= 11 is 3.38. The van der Waals surface area contributed by atoms with E-state index in [0.717, 1.165) is 15.6 Å². The van der Waals surface area contributed by atoms with Crippen LogP contribution in [0.5, 0.6) is 0 Å². The first kappa shape index (κ1) is 16.0. The molecule has 1 amide bonds. The maximum absolute atomic E-state index is 12.2. The lowest BCUT2D eigenvalue weighted by Gasteiger charge is -2.10. The van der Waals surface area contributed by atoms with Crippen LogP contribution in [0.2, 0.25) is 0 Å². The minimum Gasteiger partial charge on any atom is -0.298 e. The van der Waals surface area contributed by atoms with Crippen molar-refractivity contribution >= 4 is 27.5 Å². The van der Waals surface area contributed by atoms with Gasteiger partial charge in [0.25, 0.3) is 5.91 Å². The van der Waals surface area contributed by atoms with E-state index in [-0.39, 0.29) is 5.91 Å². The van der Waals surface area contributed by atoms with Crippen molar-refractivity contribution in [3.63, 3.8) is 0 Å². The molecular weight excluding hydrogens is 368 g/mol. The Kier molecular flexibility index (Phi) is 4.77. The van der Waals surface area contributed by atoms with Crippen molar-refractivity contribution in [3.8, 4) is 11.3 Å². The summed E-state index contributed by atoms with van der Waals surface area (Å²) in [5.74, 6) is -0.317. The fraction of sp³-hybridized carbons (Fsp3) is 0. The van der Waals surface area contributed by atoms with Crippen molar-refractivity contribution in [1.82, 2.24) is 21.0 Å². The van der Waals surface area contributed by atoms with Crippen LogP contribution in [0.15, 0.2) is 71.7 Å². The van der Waals surface area contributed by atoms with Crippen LogP contribution in [0.1, 0.15) is 16.1 Å².